The van der Waals surface area contributed by atoms with Crippen LogP contribution in [0.4, 0.5) is 5.69 Å². The lowest BCUT2D eigenvalue weighted by Gasteiger charge is -2.09. The molecule has 0 unspecified atom stereocenters. The largest absolute Gasteiger partial charge is 0.478 e. The summed E-state index contributed by atoms with van der Waals surface area (Å²) in [5.41, 5.74) is 3.10. The number of carbonyl (C=O) groups is 1. The minimum Gasteiger partial charge on any atom is -0.478 e. The fraction of sp³-hybridized carbons (Fsp3) is 0.0500. The number of thiazole rings is 1. The van der Waals surface area contributed by atoms with E-state index in [1.165, 1.54) is 11.3 Å². The number of carboxylic acid groups (broad SMARTS) is 1. The maximum absolute atomic E-state index is 11.7. The molecule has 0 spiro atoms. The van der Waals surface area contributed by atoms with E-state index in [2.05, 4.69) is 15.3 Å². The van der Waals surface area contributed by atoms with Crippen molar-refractivity contribution in [3.05, 3.63) is 74.7 Å². The number of nitrogens with zero attached hydrogens (tertiary/aromatic N) is 2. The molecule has 0 aliphatic carbocycles. The monoisotopic (exact) mass is 429 g/mol. The number of nitrogens with one attached hydrogen (secondary N) is 1. The number of aromatic nitrogens is 2. The van der Waals surface area contributed by atoms with E-state index in [1.54, 1.807) is 30.5 Å². The highest BCUT2D eigenvalue weighted by Crippen LogP contribution is 2.28. The normalized spacial score (nSPS) is 10.9. The number of anilines is 1. The zero-order valence-electron chi connectivity index (χ0n) is 14.3. The van der Waals surface area contributed by atoms with Gasteiger partial charge < -0.3 is 10.4 Å². The molecule has 0 saturated carbocycles. The van der Waals surface area contributed by atoms with Gasteiger partial charge in [-0.25, -0.2) is 14.8 Å². The lowest BCUT2D eigenvalue weighted by Crippen LogP contribution is -2.00. The quantitative estimate of drug-likeness (QED) is 0.408. The summed E-state index contributed by atoms with van der Waals surface area (Å²) in [6.45, 7) is 0.627. The number of hydrogen-bond acceptors (Lipinski definition) is 5. The number of hydrogen-bond donors (Lipinski definition) is 2. The zero-order valence-corrected chi connectivity index (χ0v) is 16.6. The van der Waals surface area contributed by atoms with Crippen LogP contribution in [0.5, 0.6) is 0 Å². The first-order valence-electron chi connectivity index (χ1n) is 8.28. The Morgan fingerprint density at radius 2 is 1.89 bits per heavy atom. The van der Waals surface area contributed by atoms with Crippen molar-refractivity contribution in [1.82, 2.24) is 9.97 Å². The number of carboxylic acids is 1. The molecule has 0 atom stereocenters. The summed E-state index contributed by atoms with van der Waals surface area (Å²) < 4.78 is 0.519. The summed E-state index contributed by atoms with van der Waals surface area (Å²) in [6.07, 6.45) is 1.74. The van der Waals surface area contributed by atoms with Crippen LogP contribution in [-0.2, 0) is 6.54 Å². The van der Waals surface area contributed by atoms with Gasteiger partial charge in [0, 0.05) is 32.7 Å². The Labute approximate surface area is 174 Å². The van der Waals surface area contributed by atoms with Crippen molar-refractivity contribution in [1.29, 1.82) is 0 Å². The molecule has 0 amide bonds. The van der Waals surface area contributed by atoms with Crippen LogP contribution in [-0.4, -0.2) is 21.0 Å². The van der Waals surface area contributed by atoms with E-state index in [9.17, 15) is 9.90 Å². The number of aromatic carboxylic acids is 1. The summed E-state index contributed by atoms with van der Waals surface area (Å²) in [6, 6.07) is 14.3. The van der Waals surface area contributed by atoms with Gasteiger partial charge >= 0.3 is 5.97 Å². The molecule has 0 radical (unpaired) electrons. The van der Waals surface area contributed by atoms with Crippen molar-refractivity contribution in [3.63, 3.8) is 0 Å². The summed E-state index contributed by atoms with van der Waals surface area (Å²) in [5, 5.41) is 13.9. The molecule has 0 fully saturated rings. The van der Waals surface area contributed by atoms with Crippen molar-refractivity contribution in [2.75, 3.05) is 5.32 Å². The highest BCUT2D eigenvalue weighted by atomic mass is 35.5. The number of rotatable bonds is 5. The van der Waals surface area contributed by atoms with E-state index in [-0.39, 0.29) is 5.56 Å². The molecule has 0 bridgehead atoms. The molecule has 0 aliphatic heterocycles. The molecule has 8 heteroatoms. The standard InChI is InChI=1S/C20H13Cl2N3O2S/c21-12-3-6-17-15(7-12)16(19(26)27)8-18(25-17)11-1-4-13(5-2-11)23-9-14-10-24-20(22)28-14/h1-8,10,23H,9H2,(H,26,27). The zero-order chi connectivity index (χ0) is 19.7. The van der Waals surface area contributed by atoms with Crippen LogP contribution in [0.15, 0.2) is 54.7 Å². The summed E-state index contributed by atoms with van der Waals surface area (Å²) in [5.74, 6) is -1.02. The third-order valence-corrected chi connectivity index (χ3v) is 5.52. The van der Waals surface area contributed by atoms with E-state index in [4.69, 9.17) is 23.2 Å². The minimum atomic E-state index is -1.02. The minimum absolute atomic E-state index is 0.173. The predicted molar refractivity (Wildman–Crippen MR) is 114 cm³/mol. The lowest BCUT2D eigenvalue weighted by molar-refractivity contribution is 0.0699. The molecule has 2 heterocycles. The molecule has 0 saturated heterocycles. The van der Waals surface area contributed by atoms with Crippen LogP contribution in [0.25, 0.3) is 22.2 Å². The van der Waals surface area contributed by atoms with Gasteiger partial charge in [0.2, 0.25) is 0 Å². The van der Waals surface area contributed by atoms with Gasteiger partial charge in [0.1, 0.15) is 0 Å². The van der Waals surface area contributed by atoms with Gasteiger partial charge in [0.05, 0.1) is 23.3 Å². The van der Waals surface area contributed by atoms with Crippen LogP contribution < -0.4 is 5.32 Å². The molecule has 140 valence electrons. The molecule has 2 aromatic heterocycles. The second-order valence-electron chi connectivity index (χ2n) is 6.03. The Morgan fingerprint density at radius 1 is 1.11 bits per heavy atom. The smallest absolute Gasteiger partial charge is 0.336 e. The summed E-state index contributed by atoms with van der Waals surface area (Å²) >= 11 is 13.3. The molecular weight excluding hydrogens is 417 g/mol. The van der Waals surface area contributed by atoms with Crippen LogP contribution in [0.3, 0.4) is 0 Å². The summed E-state index contributed by atoms with van der Waals surface area (Å²) in [4.78, 5) is 21.3. The van der Waals surface area contributed by atoms with Gasteiger partial charge in [-0.05, 0) is 36.4 Å². The van der Waals surface area contributed by atoms with Gasteiger partial charge in [-0.1, -0.05) is 35.3 Å². The van der Waals surface area contributed by atoms with Gasteiger partial charge in [0.15, 0.2) is 4.47 Å². The van der Waals surface area contributed by atoms with Crippen molar-refractivity contribution in [2.24, 2.45) is 0 Å². The predicted octanol–water partition coefficient (Wildman–Crippen LogP) is 5.98. The van der Waals surface area contributed by atoms with Crippen LogP contribution >= 0.6 is 34.5 Å². The van der Waals surface area contributed by atoms with Gasteiger partial charge in [0.25, 0.3) is 0 Å². The molecule has 4 aromatic rings. The van der Waals surface area contributed by atoms with E-state index in [1.807, 2.05) is 24.3 Å². The first-order chi connectivity index (χ1) is 13.5. The van der Waals surface area contributed by atoms with Crippen molar-refractivity contribution < 1.29 is 9.90 Å². The summed E-state index contributed by atoms with van der Waals surface area (Å²) in [7, 11) is 0. The molecule has 4 rings (SSSR count). The van der Waals surface area contributed by atoms with Crippen molar-refractivity contribution >= 4 is 57.1 Å². The SMILES string of the molecule is O=C(O)c1cc(-c2ccc(NCc3cnc(Cl)s3)cc2)nc2ccc(Cl)cc12. The van der Waals surface area contributed by atoms with E-state index >= 15 is 0 Å². The third kappa shape index (κ3) is 3.94. The number of fused-ring (bicyclic) bond motifs is 1. The fourth-order valence-corrected chi connectivity index (χ4v) is 3.93. The number of halogens is 2. The molecule has 2 N–H and O–H groups in total. The van der Waals surface area contributed by atoms with E-state index < -0.39 is 5.97 Å². The van der Waals surface area contributed by atoms with Gasteiger partial charge in [-0.15, -0.1) is 11.3 Å². The molecule has 5 nitrogen and oxygen atoms in total. The average Bonchev–Trinajstić information content (AvgIpc) is 3.11. The number of benzene rings is 2. The Hall–Kier alpha value is -2.67. The molecule has 2 aromatic carbocycles. The number of pyridine rings is 1. The van der Waals surface area contributed by atoms with Crippen molar-refractivity contribution in [2.45, 2.75) is 6.54 Å². The Kier molecular flexibility index (Phi) is 5.17. The average molecular weight is 430 g/mol. The highest BCUT2D eigenvalue weighted by molar-refractivity contribution is 7.15. The lowest BCUT2D eigenvalue weighted by atomic mass is 10.0. The molecule has 0 aliphatic rings. The highest BCUT2D eigenvalue weighted by Gasteiger charge is 2.13. The van der Waals surface area contributed by atoms with Crippen LogP contribution in [0.1, 0.15) is 15.2 Å². The maximum atomic E-state index is 11.7. The van der Waals surface area contributed by atoms with Crippen LogP contribution in [0.2, 0.25) is 9.49 Å². The Bertz CT molecular complexity index is 1180. The molecule has 28 heavy (non-hydrogen) atoms. The second kappa shape index (κ2) is 7.75. The topological polar surface area (TPSA) is 75.1 Å². The Morgan fingerprint density at radius 3 is 2.57 bits per heavy atom. The van der Waals surface area contributed by atoms with E-state index in [0.29, 0.717) is 32.6 Å². The fourth-order valence-electron chi connectivity index (χ4n) is 2.84. The first kappa shape index (κ1) is 18.7. The molecular formula is C20H13Cl2N3O2S. The second-order valence-corrected chi connectivity index (χ2v) is 8.17. The van der Waals surface area contributed by atoms with Crippen LogP contribution in [0, 0.1) is 0 Å². The first-order valence-corrected chi connectivity index (χ1v) is 9.85. The van der Waals surface area contributed by atoms with Gasteiger partial charge in [-0.2, -0.15) is 0 Å². The Balaban J connectivity index is 1.62. The van der Waals surface area contributed by atoms with Crippen molar-refractivity contribution in [3.8, 4) is 11.3 Å². The maximum Gasteiger partial charge on any atom is 0.336 e. The third-order valence-electron chi connectivity index (χ3n) is 4.17. The van der Waals surface area contributed by atoms with Gasteiger partial charge in [-0.3, -0.25) is 0 Å². The van der Waals surface area contributed by atoms with E-state index in [0.717, 1.165) is 16.1 Å².